The van der Waals surface area contributed by atoms with Gasteiger partial charge in [-0.05, 0) is 42.3 Å². The number of hydrogen-bond donors (Lipinski definition) is 3. The summed E-state index contributed by atoms with van der Waals surface area (Å²) in [5, 5.41) is 2.78. The Hall–Kier alpha value is -3.75. The fourth-order valence-electron chi connectivity index (χ4n) is 3.00. The zero-order valence-corrected chi connectivity index (χ0v) is 15.4. The van der Waals surface area contributed by atoms with E-state index in [-0.39, 0.29) is 19.1 Å². The lowest BCUT2D eigenvalue weighted by Gasteiger charge is -2.25. The Morgan fingerprint density at radius 3 is 2.79 bits per heavy atom. The lowest BCUT2D eigenvalue weighted by atomic mass is 10.0. The summed E-state index contributed by atoms with van der Waals surface area (Å²) >= 11 is 0. The summed E-state index contributed by atoms with van der Waals surface area (Å²) in [6.45, 7) is -0.239. The monoisotopic (exact) mass is 397 g/mol. The summed E-state index contributed by atoms with van der Waals surface area (Å²) in [4.78, 5) is 35.5. The summed E-state index contributed by atoms with van der Waals surface area (Å²) in [5.41, 5.74) is 6.29. The van der Waals surface area contributed by atoms with Gasteiger partial charge in [0.1, 0.15) is 12.4 Å². The van der Waals surface area contributed by atoms with Gasteiger partial charge in [0.15, 0.2) is 18.1 Å². The van der Waals surface area contributed by atoms with Gasteiger partial charge in [-0.1, -0.05) is 12.1 Å². The number of ether oxygens (including phenoxy) is 3. The van der Waals surface area contributed by atoms with Gasteiger partial charge in [0.05, 0.1) is 0 Å². The number of rotatable bonds is 4. The van der Waals surface area contributed by atoms with E-state index in [0.29, 0.717) is 30.1 Å². The summed E-state index contributed by atoms with van der Waals surface area (Å²) < 4.78 is 16.5. The molecule has 0 aliphatic carbocycles. The number of para-hydroxylation sites is 2. The van der Waals surface area contributed by atoms with Crippen molar-refractivity contribution in [2.24, 2.45) is 0 Å². The van der Waals surface area contributed by atoms with Crippen molar-refractivity contribution < 1.29 is 28.6 Å². The third-order valence-corrected chi connectivity index (χ3v) is 4.47. The molecule has 3 N–H and O–H groups in total. The minimum absolute atomic E-state index is 0.0166. The fourth-order valence-corrected chi connectivity index (χ4v) is 3.00. The Balaban J connectivity index is 1.23. The Morgan fingerprint density at radius 2 is 1.93 bits per heavy atom. The van der Waals surface area contributed by atoms with Gasteiger partial charge in [0, 0.05) is 12.1 Å². The topological polar surface area (TPSA) is 115 Å². The predicted octanol–water partition coefficient (Wildman–Crippen LogP) is 0.938. The zero-order chi connectivity index (χ0) is 20.2. The van der Waals surface area contributed by atoms with Crippen LogP contribution >= 0.6 is 0 Å². The second kappa shape index (κ2) is 8.09. The summed E-state index contributed by atoms with van der Waals surface area (Å²) in [6.07, 6.45) is 0.162. The first-order valence-electron chi connectivity index (χ1n) is 9.11. The molecule has 0 fully saturated rings. The van der Waals surface area contributed by atoms with Crippen LogP contribution in [0.3, 0.4) is 0 Å². The Kier molecular flexibility index (Phi) is 5.19. The van der Waals surface area contributed by atoms with Crippen LogP contribution in [0.4, 0.5) is 5.69 Å². The Bertz CT molecular complexity index is 961. The van der Waals surface area contributed by atoms with E-state index in [9.17, 15) is 14.4 Å². The SMILES string of the molecule is O=C(COc1ccc2c(c1)CCC(=O)N2)NNC(=O)C1COc2ccccc2O1. The highest BCUT2D eigenvalue weighted by Gasteiger charge is 2.27. The van der Waals surface area contributed by atoms with E-state index in [2.05, 4.69) is 16.2 Å². The molecular formula is C20H19N3O6. The van der Waals surface area contributed by atoms with Crippen LogP contribution in [-0.2, 0) is 20.8 Å². The van der Waals surface area contributed by atoms with Crippen LogP contribution in [0, 0.1) is 0 Å². The van der Waals surface area contributed by atoms with Gasteiger partial charge >= 0.3 is 0 Å². The van der Waals surface area contributed by atoms with E-state index < -0.39 is 17.9 Å². The maximum Gasteiger partial charge on any atom is 0.283 e. The largest absolute Gasteiger partial charge is 0.485 e. The van der Waals surface area contributed by atoms with Crippen molar-refractivity contribution in [3.05, 3.63) is 48.0 Å². The molecule has 150 valence electrons. The number of aryl methyl sites for hydroxylation is 1. The lowest BCUT2D eigenvalue weighted by molar-refractivity contribution is -0.135. The van der Waals surface area contributed by atoms with Gasteiger partial charge in [0.2, 0.25) is 12.0 Å². The molecule has 0 saturated carbocycles. The highest BCUT2D eigenvalue weighted by molar-refractivity contribution is 5.94. The Labute approximate surface area is 166 Å². The van der Waals surface area contributed by atoms with E-state index in [0.717, 1.165) is 11.3 Å². The molecule has 0 saturated heterocycles. The molecule has 1 unspecified atom stereocenters. The summed E-state index contributed by atoms with van der Waals surface area (Å²) in [7, 11) is 0. The van der Waals surface area contributed by atoms with Crippen molar-refractivity contribution in [3.8, 4) is 17.2 Å². The zero-order valence-electron chi connectivity index (χ0n) is 15.4. The van der Waals surface area contributed by atoms with Crippen molar-refractivity contribution >= 4 is 23.4 Å². The number of carbonyl (C=O) groups excluding carboxylic acids is 3. The molecule has 0 radical (unpaired) electrons. The number of anilines is 1. The van der Waals surface area contributed by atoms with Gasteiger partial charge in [-0.15, -0.1) is 0 Å². The quantitative estimate of drug-likeness (QED) is 0.662. The summed E-state index contributed by atoms with van der Waals surface area (Å²) in [5.74, 6) is 0.466. The minimum atomic E-state index is -0.873. The van der Waals surface area contributed by atoms with Gasteiger partial charge in [-0.25, -0.2) is 0 Å². The molecule has 1 atom stereocenters. The van der Waals surface area contributed by atoms with E-state index in [4.69, 9.17) is 14.2 Å². The van der Waals surface area contributed by atoms with Crippen molar-refractivity contribution in [2.45, 2.75) is 18.9 Å². The van der Waals surface area contributed by atoms with Crippen LogP contribution in [0.1, 0.15) is 12.0 Å². The van der Waals surface area contributed by atoms with Gasteiger partial charge in [0.25, 0.3) is 11.8 Å². The molecule has 0 aromatic heterocycles. The van der Waals surface area contributed by atoms with Crippen LogP contribution in [0.5, 0.6) is 17.2 Å². The van der Waals surface area contributed by atoms with Crippen LogP contribution in [0.15, 0.2) is 42.5 Å². The van der Waals surface area contributed by atoms with Gasteiger partial charge in [-0.3, -0.25) is 25.2 Å². The molecule has 4 rings (SSSR count). The van der Waals surface area contributed by atoms with Crippen molar-refractivity contribution in [2.75, 3.05) is 18.5 Å². The maximum absolute atomic E-state index is 12.2. The summed E-state index contributed by atoms with van der Waals surface area (Å²) in [6, 6.07) is 12.2. The predicted molar refractivity (Wildman–Crippen MR) is 102 cm³/mol. The molecule has 3 amide bonds. The smallest absolute Gasteiger partial charge is 0.283 e. The van der Waals surface area contributed by atoms with Crippen LogP contribution in [0.2, 0.25) is 0 Å². The highest BCUT2D eigenvalue weighted by atomic mass is 16.6. The molecule has 2 aliphatic heterocycles. The average Bonchev–Trinajstić information content (AvgIpc) is 2.75. The van der Waals surface area contributed by atoms with Crippen LogP contribution in [-0.4, -0.2) is 37.0 Å². The number of fused-ring (bicyclic) bond motifs is 2. The first-order chi connectivity index (χ1) is 14.1. The molecule has 0 spiro atoms. The van der Waals surface area contributed by atoms with Crippen molar-refractivity contribution in [1.29, 1.82) is 0 Å². The van der Waals surface area contributed by atoms with Gasteiger partial charge in [-0.2, -0.15) is 0 Å². The molecule has 9 heteroatoms. The molecule has 0 bridgehead atoms. The average molecular weight is 397 g/mol. The van der Waals surface area contributed by atoms with Gasteiger partial charge < -0.3 is 19.5 Å². The van der Waals surface area contributed by atoms with E-state index >= 15 is 0 Å². The lowest BCUT2D eigenvalue weighted by Crippen LogP contribution is -2.51. The third kappa shape index (κ3) is 4.40. The van der Waals surface area contributed by atoms with E-state index in [1.807, 2.05) is 0 Å². The van der Waals surface area contributed by atoms with Crippen LogP contribution in [0.25, 0.3) is 0 Å². The standard InChI is InChI=1S/C20H19N3O6/c24-18-8-5-12-9-13(6-7-14(12)21-18)27-11-19(25)22-23-20(26)17-10-28-15-3-1-2-4-16(15)29-17/h1-4,6-7,9,17H,5,8,10-11H2,(H,21,24)(H,22,25)(H,23,26). The second-order valence-electron chi connectivity index (χ2n) is 6.56. The molecule has 29 heavy (non-hydrogen) atoms. The first kappa shape index (κ1) is 18.6. The molecule has 9 nitrogen and oxygen atoms in total. The van der Waals surface area contributed by atoms with Crippen molar-refractivity contribution in [3.63, 3.8) is 0 Å². The number of amides is 3. The number of carbonyl (C=O) groups is 3. The molecular weight excluding hydrogens is 378 g/mol. The van der Waals surface area contributed by atoms with E-state index in [1.165, 1.54) is 0 Å². The van der Waals surface area contributed by atoms with Crippen LogP contribution < -0.4 is 30.4 Å². The molecule has 2 heterocycles. The highest BCUT2D eigenvalue weighted by Crippen LogP contribution is 2.30. The van der Waals surface area contributed by atoms with Crippen molar-refractivity contribution in [1.82, 2.24) is 10.9 Å². The maximum atomic E-state index is 12.2. The normalized spacial score (nSPS) is 16.8. The molecule has 2 aromatic carbocycles. The molecule has 2 aliphatic rings. The van der Waals surface area contributed by atoms with E-state index in [1.54, 1.807) is 42.5 Å². The Morgan fingerprint density at radius 1 is 1.10 bits per heavy atom. The number of benzene rings is 2. The minimum Gasteiger partial charge on any atom is -0.485 e. The fraction of sp³-hybridized carbons (Fsp3) is 0.250. The second-order valence-corrected chi connectivity index (χ2v) is 6.56. The number of nitrogens with one attached hydrogen (secondary N) is 3. The third-order valence-electron chi connectivity index (χ3n) is 4.47. The molecule has 2 aromatic rings. The number of hydrogen-bond acceptors (Lipinski definition) is 6. The first-order valence-corrected chi connectivity index (χ1v) is 9.11. The number of hydrazine groups is 1.